The lowest BCUT2D eigenvalue weighted by molar-refractivity contribution is -0.359. The van der Waals surface area contributed by atoms with Crippen molar-refractivity contribution in [3.63, 3.8) is 0 Å². The molecule has 0 spiro atoms. The molecule has 0 bridgehead atoms. The van der Waals surface area contributed by atoms with Gasteiger partial charge in [-0.15, -0.1) is 0 Å². The Morgan fingerprint density at radius 1 is 0.500 bits per heavy atom. The van der Waals surface area contributed by atoms with E-state index < -0.39 is 86.8 Å². The molecule has 2 saturated heterocycles. The third-order valence-corrected chi connectivity index (χ3v) is 14.4. The van der Waals surface area contributed by atoms with Gasteiger partial charge in [-0.1, -0.05) is 211 Å². The van der Waals surface area contributed by atoms with Crippen LogP contribution in [0.5, 0.6) is 0 Å². The second-order valence-electron chi connectivity index (χ2n) is 20.8. The maximum atomic E-state index is 13.2. The number of hydrogen-bond donors (Lipinski definition) is 9. The molecule has 1 amide bonds. The lowest BCUT2D eigenvalue weighted by Crippen LogP contribution is -2.65. The van der Waals surface area contributed by atoms with E-state index in [9.17, 15) is 45.6 Å². The standard InChI is InChI=1S/C58H107NO13/c1-3-5-7-9-11-13-15-16-17-18-19-20-21-22-23-24-25-26-27-28-29-30-32-34-36-38-40-42-50(63)59-46(47(62)41-39-37-35-33-31-14-12-10-8-6-4-2)45-69-57-55(68)53(66)56(49(44-61)71-57)72-58-54(67)52(65)51(64)48(43-60)70-58/h15-16,18-19,21-22,46-49,51-58,60-62,64-68H,3-14,17,20,23-45H2,1-2H3,(H,59,63)/b16-15-,19-18-,22-21-. The van der Waals surface area contributed by atoms with Crippen LogP contribution in [-0.2, 0) is 23.7 Å². The van der Waals surface area contributed by atoms with Gasteiger partial charge in [-0.2, -0.15) is 0 Å². The molecule has 14 nitrogen and oxygen atoms in total. The summed E-state index contributed by atoms with van der Waals surface area (Å²) in [5.74, 6) is -0.210. The highest BCUT2D eigenvalue weighted by Gasteiger charge is 2.51. The van der Waals surface area contributed by atoms with E-state index in [0.717, 1.165) is 64.2 Å². The molecule has 2 aliphatic heterocycles. The molecule has 72 heavy (non-hydrogen) atoms. The van der Waals surface area contributed by atoms with Gasteiger partial charge >= 0.3 is 0 Å². The normalized spacial score (nSPS) is 25.8. The molecule has 0 saturated carbocycles. The fourth-order valence-corrected chi connectivity index (χ4v) is 9.60. The third-order valence-electron chi connectivity index (χ3n) is 14.4. The number of amides is 1. The highest BCUT2D eigenvalue weighted by molar-refractivity contribution is 5.76. The first kappa shape index (κ1) is 66.3. The second-order valence-corrected chi connectivity index (χ2v) is 20.8. The van der Waals surface area contributed by atoms with Crippen molar-refractivity contribution in [2.75, 3.05) is 19.8 Å². The summed E-state index contributed by atoms with van der Waals surface area (Å²) >= 11 is 0. The number of rotatable bonds is 46. The van der Waals surface area contributed by atoms with Crippen LogP contribution < -0.4 is 5.32 Å². The summed E-state index contributed by atoms with van der Waals surface area (Å²) in [6.45, 7) is 2.83. The maximum absolute atomic E-state index is 13.2. The lowest BCUT2D eigenvalue weighted by Gasteiger charge is -2.46. The van der Waals surface area contributed by atoms with Crippen molar-refractivity contribution in [3.05, 3.63) is 36.5 Å². The lowest BCUT2D eigenvalue weighted by atomic mass is 9.97. The van der Waals surface area contributed by atoms with Crippen molar-refractivity contribution in [1.82, 2.24) is 5.32 Å². The van der Waals surface area contributed by atoms with Crippen molar-refractivity contribution in [2.24, 2.45) is 0 Å². The minimum atomic E-state index is -1.78. The summed E-state index contributed by atoms with van der Waals surface area (Å²) in [5.41, 5.74) is 0. The summed E-state index contributed by atoms with van der Waals surface area (Å²) < 4.78 is 22.8. The summed E-state index contributed by atoms with van der Waals surface area (Å²) in [5, 5.41) is 87.0. The van der Waals surface area contributed by atoms with Crippen molar-refractivity contribution < 1.29 is 64.6 Å². The molecule has 0 aliphatic carbocycles. The van der Waals surface area contributed by atoms with E-state index in [4.69, 9.17) is 18.9 Å². The fourth-order valence-electron chi connectivity index (χ4n) is 9.60. The molecule has 2 aliphatic rings. The smallest absolute Gasteiger partial charge is 0.220 e. The molecular formula is C58H107NO13. The van der Waals surface area contributed by atoms with Crippen LogP contribution in [0, 0.1) is 0 Å². The number of nitrogens with one attached hydrogen (secondary N) is 1. The van der Waals surface area contributed by atoms with Gasteiger partial charge in [-0.25, -0.2) is 0 Å². The quantitative estimate of drug-likeness (QED) is 0.0205. The van der Waals surface area contributed by atoms with Crippen LogP contribution in [-0.4, -0.2) is 140 Å². The molecule has 12 atom stereocenters. The van der Waals surface area contributed by atoms with E-state index in [1.807, 2.05) is 0 Å². The van der Waals surface area contributed by atoms with Gasteiger partial charge in [0.25, 0.3) is 0 Å². The minimum Gasteiger partial charge on any atom is -0.394 e. The maximum Gasteiger partial charge on any atom is 0.220 e. The topological polar surface area (TPSA) is 228 Å². The Morgan fingerprint density at radius 3 is 1.40 bits per heavy atom. The molecule has 0 aromatic heterocycles. The van der Waals surface area contributed by atoms with Crippen molar-refractivity contribution in [2.45, 2.75) is 306 Å². The van der Waals surface area contributed by atoms with Gasteiger partial charge in [0.2, 0.25) is 5.91 Å². The molecule has 2 rings (SSSR count). The van der Waals surface area contributed by atoms with Gasteiger partial charge in [0, 0.05) is 6.42 Å². The number of carbonyl (C=O) groups is 1. The van der Waals surface area contributed by atoms with Crippen LogP contribution in [0.3, 0.4) is 0 Å². The van der Waals surface area contributed by atoms with E-state index in [-0.39, 0.29) is 12.5 Å². The predicted octanol–water partition coefficient (Wildman–Crippen LogP) is 9.44. The van der Waals surface area contributed by atoms with Crippen molar-refractivity contribution in [3.8, 4) is 0 Å². The van der Waals surface area contributed by atoms with E-state index in [0.29, 0.717) is 12.8 Å². The van der Waals surface area contributed by atoms with Gasteiger partial charge in [0.05, 0.1) is 32.0 Å². The van der Waals surface area contributed by atoms with Crippen LogP contribution in [0.2, 0.25) is 0 Å². The minimum absolute atomic E-state index is 0.210. The number of aliphatic hydroxyl groups is 8. The summed E-state index contributed by atoms with van der Waals surface area (Å²) in [6.07, 6.45) is 35.8. The molecule has 2 fully saturated rings. The molecule has 12 unspecified atom stereocenters. The van der Waals surface area contributed by atoms with Gasteiger partial charge in [0.1, 0.15) is 48.8 Å². The van der Waals surface area contributed by atoms with Crippen LogP contribution in [0.1, 0.15) is 232 Å². The number of ether oxygens (including phenoxy) is 4. The molecule has 0 radical (unpaired) electrons. The van der Waals surface area contributed by atoms with E-state index in [2.05, 4.69) is 55.6 Å². The van der Waals surface area contributed by atoms with Gasteiger partial charge in [-0.05, 0) is 51.4 Å². The number of aliphatic hydroxyl groups excluding tert-OH is 8. The highest BCUT2D eigenvalue weighted by Crippen LogP contribution is 2.30. The monoisotopic (exact) mass is 1030 g/mol. The Labute approximate surface area is 436 Å². The van der Waals surface area contributed by atoms with Crippen molar-refractivity contribution in [1.29, 1.82) is 0 Å². The molecular weight excluding hydrogens is 919 g/mol. The van der Waals surface area contributed by atoms with E-state index >= 15 is 0 Å². The Morgan fingerprint density at radius 2 is 0.917 bits per heavy atom. The van der Waals surface area contributed by atoms with Crippen molar-refractivity contribution >= 4 is 5.91 Å². The SMILES string of the molecule is CCCCCCC/C=C\C/C=C\C/C=C\CCCCCCCCCCCCCCC(=O)NC(COC1OC(CO)C(OC2OC(CO)C(O)C(O)C2O)C(O)C1O)C(O)CCCCCCCCCCCCC. The second kappa shape index (κ2) is 44.3. The zero-order chi connectivity index (χ0) is 52.4. The zero-order valence-electron chi connectivity index (χ0n) is 45.2. The van der Waals surface area contributed by atoms with Crippen LogP contribution >= 0.6 is 0 Å². The Hall–Kier alpha value is -1.79. The van der Waals surface area contributed by atoms with Gasteiger partial charge < -0.3 is 65.1 Å². The van der Waals surface area contributed by atoms with Gasteiger partial charge in [-0.3, -0.25) is 4.79 Å². The first-order valence-corrected chi connectivity index (χ1v) is 29.2. The number of hydrogen-bond acceptors (Lipinski definition) is 13. The van der Waals surface area contributed by atoms with Crippen LogP contribution in [0.25, 0.3) is 0 Å². The Bertz CT molecular complexity index is 1350. The highest BCUT2D eigenvalue weighted by atomic mass is 16.7. The molecule has 0 aromatic rings. The average molecular weight is 1030 g/mol. The third kappa shape index (κ3) is 30.1. The molecule has 9 N–H and O–H groups in total. The molecule has 422 valence electrons. The summed E-state index contributed by atoms with van der Waals surface area (Å²) in [6, 6.07) is -0.828. The van der Waals surface area contributed by atoms with E-state index in [1.165, 1.54) is 141 Å². The van der Waals surface area contributed by atoms with Crippen LogP contribution in [0.4, 0.5) is 0 Å². The van der Waals surface area contributed by atoms with Gasteiger partial charge in [0.15, 0.2) is 12.6 Å². The summed E-state index contributed by atoms with van der Waals surface area (Å²) in [7, 11) is 0. The van der Waals surface area contributed by atoms with Crippen LogP contribution in [0.15, 0.2) is 36.5 Å². The zero-order valence-corrected chi connectivity index (χ0v) is 45.2. The van der Waals surface area contributed by atoms with E-state index in [1.54, 1.807) is 0 Å². The Kier molecular flexibility index (Phi) is 40.9. The number of allylic oxidation sites excluding steroid dienone is 6. The predicted molar refractivity (Wildman–Crippen MR) is 286 cm³/mol. The Balaban J connectivity index is 1.69. The first-order valence-electron chi connectivity index (χ1n) is 29.2. The fraction of sp³-hybridized carbons (Fsp3) is 0.879. The largest absolute Gasteiger partial charge is 0.394 e. The number of carbonyl (C=O) groups excluding carboxylic acids is 1. The first-order chi connectivity index (χ1) is 35.1. The average Bonchev–Trinajstić information content (AvgIpc) is 3.38. The molecule has 0 aromatic carbocycles. The number of unbranched alkanes of at least 4 members (excludes halogenated alkanes) is 27. The molecule has 2 heterocycles. The summed E-state index contributed by atoms with van der Waals surface area (Å²) in [4.78, 5) is 13.2. The molecule has 14 heteroatoms.